The van der Waals surface area contributed by atoms with E-state index in [1.807, 2.05) is 13.8 Å². The molecule has 0 saturated heterocycles. The van der Waals surface area contributed by atoms with Crippen LogP contribution in [-0.2, 0) is 4.57 Å². The molecule has 18 heavy (non-hydrogen) atoms. The van der Waals surface area contributed by atoms with Crippen molar-refractivity contribution in [1.29, 1.82) is 0 Å². The average Bonchev–Trinajstić information content (AvgIpc) is 2.26. The largest absolute Gasteiger partial charge is 0.413 e. The zero-order chi connectivity index (χ0) is 14.2. The monoisotopic (exact) mass is 280 g/mol. The molecular formula is C11H25N2O4P. The minimum atomic E-state index is -4.56. The summed E-state index contributed by atoms with van der Waals surface area (Å²) in [6.07, 6.45) is 6.66. The molecule has 0 aliphatic heterocycles. The Morgan fingerprint density at radius 2 is 1.83 bits per heavy atom. The number of carbonyl (C=O) groups excluding carboxylic acids is 1. The molecular weight excluding hydrogens is 255 g/mol. The maximum Gasteiger partial charge on any atom is 0.413 e. The molecule has 0 spiro atoms. The van der Waals surface area contributed by atoms with Gasteiger partial charge in [0.2, 0.25) is 0 Å². The summed E-state index contributed by atoms with van der Waals surface area (Å²) in [6, 6.07) is 0.536. The van der Waals surface area contributed by atoms with Gasteiger partial charge in [-0.3, -0.25) is 4.79 Å². The van der Waals surface area contributed by atoms with Crippen LogP contribution in [0, 0.1) is 5.92 Å². The first-order valence-electron chi connectivity index (χ1n) is 6.33. The molecule has 0 atom stereocenters. The first kappa shape index (κ1) is 17.6. The second-order valence-corrected chi connectivity index (χ2v) is 6.52. The van der Waals surface area contributed by atoms with Gasteiger partial charge < -0.3 is 20.8 Å². The van der Waals surface area contributed by atoms with E-state index in [1.54, 1.807) is 0 Å². The van der Waals surface area contributed by atoms with Crippen LogP contribution in [0.25, 0.3) is 0 Å². The molecule has 1 fully saturated rings. The van der Waals surface area contributed by atoms with Crippen molar-refractivity contribution in [2.75, 3.05) is 6.54 Å². The molecule has 0 aromatic heterocycles. The first-order chi connectivity index (χ1) is 8.23. The smallest absolute Gasteiger partial charge is 0.345 e. The summed E-state index contributed by atoms with van der Waals surface area (Å²) in [5.41, 5.74) is 4.43. The fraction of sp³-hybridized carbons (Fsp3) is 0.909. The summed E-state index contributed by atoms with van der Waals surface area (Å²) < 4.78 is 10.2. The Morgan fingerprint density at radius 3 is 2.11 bits per heavy atom. The average molecular weight is 280 g/mol. The fourth-order valence-corrected chi connectivity index (χ4v) is 1.83. The van der Waals surface area contributed by atoms with Crippen LogP contribution >= 0.6 is 7.60 Å². The topological polar surface area (TPSA) is 113 Å². The highest BCUT2D eigenvalue weighted by molar-refractivity contribution is 7.69. The Morgan fingerprint density at radius 1 is 1.33 bits per heavy atom. The van der Waals surface area contributed by atoms with E-state index in [0.29, 0.717) is 6.04 Å². The molecule has 1 amide bonds. The van der Waals surface area contributed by atoms with Crippen LogP contribution < -0.4 is 11.1 Å². The van der Waals surface area contributed by atoms with Crippen LogP contribution in [-0.4, -0.2) is 28.0 Å². The highest BCUT2D eigenvalue weighted by Crippen LogP contribution is 2.34. The Balaban J connectivity index is 0.000000351. The summed E-state index contributed by atoms with van der Waals surface area (Å²) >= 11 is 0. The van der Waals surface area contributed by atoms with Crippen LogP contribution in [0.15, 0.2) is 0 Å². The zero-order valence-corrected chi connectivity index (χ0v) is 12.0. The van der Waals surface area contributed by atoms with Crippen LogP contribution in [0.5, 0.6) is 0 Å². The van der Waals surface area contributed by atoms with Gasteiger partial charge in [-0.1, -0.05) is 33.1 Å². The number of hydrogen-bond donors (Lipinski definition) is 4. The minimum absolute atomic E-state index is 0.186. The van der Waals surface area contributed by atoms with E-state index in [1.165, 1.54) is 32.1 Å². The van der Waals surface area contributed by atoms with E-state index >= 15 is 0 Å². The lowest BCUT2D eigenvalue weighted by atomic mass is 9.97. The molecule has 0 radical (unpaired) electrons. The SMILES string of the molecule is CC(C)CNC(=O)P(=O)(O)O.NC1CCCCC1. The quantitative estimate of drug-likeness (QED) is 0.589. The van der Waals surface area contributed by atoms with E-state index in [4.69, 9.17) is 15.5 Å². The molecule has 0 heterocycles. The van der Waals surface area contributed by atoms with E-state index in [0.717, 1.165) is 0 Å². The molecule has 0 aromatic rings. The number of rotatable bonds is 3. The van der Waals surface area contributed by atoms with E-state index in [-0.39, 0.29) is 12.5 Å². The second-order valence-electron chi connectivity index (χ2n) is 5.02. The van der Waals surface area contributed by atoms with Crippen LogP contribution in [0.3, 0.4) is 0 Å². The first-order valence-corrected chi connectivity index (χ1v) is 7.94. The lowest BCUT2D eigenvalue weighted by molar-refractivity contribution is 0.247. The van der Waals surface area contributed by atoms with E-state index < -0.39 is 13.2 Å². The Hall–Kier alpha value is -0.420. The molecule has 108 valence electrons. The summed E-state index contributed by atoms with van der Waals surface area (Å²) in [5, 5.41) is 2.12. The lowest BCUT2D eigenvalue weighted by Gasteiger charge is -2.15. The van der Waals surface area contributed by atoms with Gasteiger partial charge in [-0.05, 0) is 18.8 Å². The van der Waals surface area contributed by atoms with E-state index in [9.17, 15) is 9.36 Å². The molecule has 0 bridgehead atoms. The van der Waals surface area contributed by atoms with Crippen LogP contribution in [0.4, 0.5) is 4.79 Å². The highest BCUT2D eigenvalue weighted by atomic mass is 31.2. The lowest BCUT2D eigenvalue weighted by Crippen LogP contribution is -2.25. The Kier molecular flexibility index (Phi) is 8.44. The maximum absolute atomic E-state index is 10.5. The number of nitrogens with two attached hydrogens (primary N) is 1. The third-order valence-corrected chi connectivity index (χ3v) is 3.26. The van der Waals surface area contributed by atoms with Crippen molar-refractivity contribution in [3.63, 3.8) is 0 Å². The van der Waals surface area contributed by atoms with Crippen molar-refractivity contribution >= 4 is 13.2 Å². The second kappa shape index (κ2) is 8.64. The standard InChI is InChI=1S/C6H13N.C5H12NO4P/c7-6-4-2-1-3-5-6;1-4(2)3-6-5(7)11(8,9)10/h6H,1-5,7H2;4H,3H2,1-2H3,(H,6,7)(H2,8,9,10). The number of hydrogen-bond acceptors (Lipinski definition) is 3. The summed E-state index contributed by atoms with van der Waals surface area (Å²) in [6.45, 7) is 3.95. The minimum Gasteiger partial charge on any atom is -0.345 e. The summed E-state index contributed by atoms with van der Waals surface area (Å²) in [7, 11) is -4.56. The van der Waals surface area contributed by atoms with Crippen LogP contribution in [0.2, 0.25) is 0 Å². The third-order valence-electron chi connectivity index (χ3n) is 2.58. The molecule has 0 aromatic carbocycles. The van der Waals surface area contributed by atoms with Gasteiger partial charge in [0.25, 0.3) is 0 Å². The third kappa shape index (κ3) is 9.59. The molecule has 1 aliphatic carbocycles. The fourth-order valence-electron chi connectivity index (χ4n) is 1.53. The normalized spacial score (nSPS) is 17.0. The molecule has 0 unspecified atom stereocenters. The number of nitrogens with one attached hydrogen (secondary N) is 1. The predicted octanol–water partition coefficient (Wildman–Crippen LogP) is 1.81. The van der Waals surface area contributed by atoms with Crippen molar-refractivity contribution in [3.8, 4) is 0 Å². The van der Waals surface area contributed by atoms with Crippen molar-refractivity contribution in [2.45, 2.75) is 52.0 Å². The van der Waals surface area contributed by atoms with Crippen molar-refractivity contribution in [1.82, 2.24) is 5.32 Å². The molecule has 1 saturated carbocycles. The van der Waals surface area contributed by atoms with Crippen LogP contribution in [0.1, 0.15) is 46.0 Å². The zero-order valence-electron chi connectivity index (χ0n) is 11.1. The maximum atomic E-state index is 10.5. The molecule has 1 rings (SSSR count). The Labute approximate surface area is 108 Å². The number of carbonyl (C=O) groups is 1. The molecule has 6 nitrogen and oxygen atoms in total. The van der Waals surface area contributed by atoms with Crippen molar-refractivity contribution in [2.24, 2.45) is 11.7 Å². The van der Waals surface area contributed by atoms with Gasteiger partial charge in [-0.25, -0.2) is 4.57 Å². The van der Waals surface area contributed by atoms with Gasteiger partial charge in [-0.15, -0.1) is 0 Å². The van der Waals surface area contributed by atoms with Gasteiger partial charge in [-0.2, -0.15) is 0 Å². The van der Waals surface area contributed by atoms with E-state index in [2.05, 4.69) is 5.32 Å². The van der Waals surface area contributed by atoms with Gasteiger partial charge >= 0.3 is 13.2 Å². The highest BCUT2D eigenvalue weighted by Gasteiger charge is 2.24. The summed E-state index contributed by atoms with van der Waals surface area (Å²) in [4.78, 5) is 27.1. The molecule has 5 N–H and O–H groups in total. The molecule has 7 heteroatoms. The molecule has 1 aliphatic rings. The number of amides is 1. The predicted molar refractivity (Wildman–Crippen MR) is 71.3 cm³/mol. The van der Waals surface area contributed by atoms with Gasteiger partial charge in [0.1, 0.15) is 0 Å². The Bertz CT molecular complexity index is 285. The van der Waals surface area contributed by atoms with Gasteiger partial charge in [0.15, 0.2) is 0 Å². The summed E-state index contributed by atoms with van der Waals surface area (Å²) in [5.74, 6) is 0.186. The van der Waals surface area contributed by atoms with Crippen molar-refractivity contribution in [3.05, 3.63) is 0 Å². The van der Waals surface area contributed by atoms with Crippen molar-refractivity contribution < 1.29 is 19.1 Å². The van der Waals surface area contributed by atoms with Gasteiger partial charge in [0, 0.05) is 12.6 Å². The van der Waals surface area contributed by atoms with Gasteiger partial charge in [0.05, 0.1) is 0 Å².